The van der Waals surface area contributed by atoms with Crippen molar-refractivity contribution < 1.29 is 0 Å². The fourth-order valence-electron chi connectivity index (χ4n) is 2.98. The SMILES string of the molecule is CCC(C)N(C)C(CN)C1CCC(C)CC1. The van der Waals surface area contributed by atoms with Crippen LogP contribution in [-0.4, -0.2) is 30.6 Å². The summed E-state index contributed by atoms with van der Waals surface area (Å²) < 4.78 is 0. The third-order valence-electron chi connectivity index (χ3n) is 4.66. The summed E-state index contributed by atoms with van der Waals surface area (Å²) in [5.41, 5.74) is 5.99. The predicted molar refractivity (Wildman–Crippen MR) is 71.5 cm³/mol. The third kappa shape index (κ3) is 3.46. The average molecular weight is 226 g/mol. The van der Waals surface area contributed by atoms with E-state index in [0.29, 0.717) is 12.1 Å². The molecule has 0 heterocycles. The van der Waals surface area contributed by atoms with Crippen molar-refractivity contribution in [2.45, 2.75) is 65.0 Å². The first-order chi connectivity index (χ1) is 7.60. The molecule has 0 spiro atoms. The molecule has 2 nitrogen and oxygen atoms in total. The molecule has 2 atom stereocenters. The molecule has 2 unspecified atom stereocenters. The van der Waals surface area contributed by atoms with Gasteiger partial charge in [-0.1, -0.05) is 26.7 Å². The number of hydrogen-bond donors (Lipinski definition) is 1. The maximum Gasteiger partial charge on any atom is 0.0246 e. The molecule has 16 heavy (non-hydrogen) atoms. The zero-order valence-electron chi connectivity index (χ0n) is 11.6. The van der Waals surface area contributed by atoms with Gasteiger partial charge in [0.1, 0.15) is 0 Å². The van der Waals surface area contributed by atoms with E-state index in [1.165, 1.54) is 32.1 Å². The minimum absolute atomic E-state index is 0.599. The molecule has 0 saturated heterocycles. The third-order valence-corrected chi connectivity index (χ3v) is 4.66. The van der Waals surface area contributed by atoms with E-state index in [4.69, 9.17) is 5.73 Å². The lowest BCUT2D eigenvalue weighted by molar-refractivity contribution is 0.102. The molecular formula is C14H30N2. The molecule has 0 amide bonds. The van der Waals surface area contributed by atoms with Crippen molar-refractivity contribution in [2.75, 3.05) is 13.6 Å². The molecule has 0 aromatic heterocycles. The fraction of sp³-hybridized carbons (Fsp3) is 1.00. The topological polar surface area (TPSA) is 29.3 Å². The lowest BCUT2D eigenvalue weighted by Gasteiger charge is -2.40. The first-order valence-corrected chi connectivity index (χ1v) is 7.02. The first kappa shape index (κ1) is 14.0. The van der Waals surface area contributed by atoms with Gasteiger partial charge in [-0.2, -0.15) is 0 Å². The summed E-state index contributed by atoms with van der Waals surface area (Å²) in [7, 11) is 2.25. The van der Waals surface area contributed by atoms with Crippen LogP contribution in [0.15, 0.2) is 0 Å². The quantitative estimate of drug-likeness (QED) is 0.781. The van der Waals surface area contributed by atoms with Gasteiger partial charge >= 0.3 is 0 Å². The molecule has 2 heteroatoms. The summed E-state index contributed by atoms with van der Waals surface area (Å²) in [6.45, 7) is 7.78. The van der Waals surface area contributed by atoms with Gasteiger partial charge in [-0.3, -0.25) is 4.90 Å². The van der Waals surface area contributed by atoms with E-state index in [1.54, 1.807) is 0 Å². The number of nitrogens with two attached hydrogens (primary N) is 1. The lowest BCUT2D eigenvalue weighted by atomic mass is 9.78. The monoisotopic (exact) mass is 226 g/mol. The Morgan fingerprint density at radius 3 is 2.25 bits per heavy atom. The van der Waals surface area contributed by atoms with Crippen molar-refractivity contribution in [1.82, 2.24) is 4.90 Å². The van der Waals surface area contributed by atoms with Crippen LogP contribution < -0.4 is 5.73 Å². The van der Waals surface area contributed by atoms with Crippen LogP contribution in [0.2, 0.25) is 0 Å². The van der Waals surface area contributed by atoms with E-state index in [0.717, 1.165) is 18.4 Å². The number of nitrogens with zero attached hydrogens (tertiary/aromatic N) is 1. The molecule has 0 aromatic carbocycles. The van der Waals surface area contributed by atoms with Gasteiger partial charge in [-0.05, 0) is 45.1 Å². The second-order valence-electron chi connectivity index (χ2n) is 5.75. The predicted octanol–water partition coefficient (Wildman–Crippen LogP) is 2.87. The highest BCUT2D eigenvalue weighted by Gasteiger charge is 2.29. The number of likely N-dealkylation sites (N-methyl/N-ethyl adjacent to an activating group) is 1. The molecule has 1 aliphatic carbocycles. The Hall–Kier alpha value is -0.0800. The van der Waals surface area contributed by atoms with E-state index in [2.05, 4.69) is 32.7 Å². The molecule has 1 saturated carbocycles. The second kappa shape index (κ2) is 6.61. The molecule has 0 radical (unpaired) electrons. The zero-order valence-corrected chi connectivity index (χ0v) is 11.6. The van der Waals surface area contributed by atoms with E-state index < -0.39 is 0 Å². The van der Waals surface area contributed by atoms with Crippen molar-refractivity contribution in [1.29, 1.82) is 0 Å². The largest absolute Gasteiger partial charge is 0.329 e. The Morgan fingerprint density at radius 1 is 1.25 bits per heavy atom. The van der Waals surface area contributed by atoms with Crippen LogP contribution in [-0.2, 0) is 0 Å². The lowest BCUT2D eigenvalue weighted by Crippen LogP contribution is -2.48. The van der Waals surface area contributed by atoms with Gasteiger partial charge in [0.2, 0.25) is 0 Å². The standard InChI is InChI=1S/C14H30N2/c1-5-12(3)16(4)14(10-15)13-8-6-11(2)7-9-13/h11-14H,5-10,15H2,1-4H3. The van der Waals surface area contributed by atoms with Crippen LogP contribution in [0.5, 0.6) is 0 Å². The van der Waals surface area contributed by atoms with Crippen molar-refractivity contribution in [2.24, 2.45) is 17.6 Å². The number of rotatable bonds is 5. The van der Waals surface area contributed by atoms with Crippen molar-refractivity contribution in [3.63, 3.8) is 0 Å². The van der Waals surface area contributed by atoms with E-state index in [9.17, 15) is 0 Å². The first-order valence-electron chi connectivity index (χ1n) is 7.02. The Balaban J connectivity index is 2.53. The van der Waals surface area contributed by atoms with Gasteiger partial charge in [0.15, 0.2) is 0 Å². The smallest absolute Gasteiger partial charge is 0.0246 e. The van der Waals surface area contributed by atoms with Crippen LogP contribution in [0.25, 0.3) is 0 Å². The zero-order chi connectivity index (χ0) is 12.1. The van der Waals surface area contributed by atoms with E-state index in [1.807, 2.05) is 0 Å². The highest BCUT2D eigenvalue weighted by molar-refractivity contribution is 4.84. The molecule has 1 aliphatic rings. The minimum atomic E-state index is 0.599. The Labute approximate surface area is 102 Å². The summed E-state index contributed by atoms with van der Waals surface area (Å²) >= 11 is 0. The van der Waals surface area contributed by atoms with Crippen LogP contribution in [0.1, 0.15) is 52.9 Å². The Morgan fingerprint density at radius 2 is 1.81 bits per heavy atom. The van der Waals surface area contributed by atoms with Crippen molar-refractivity contribution in [3.8, 4) is 0 Å². The highest BCUT2D eigenvalue weighted by Crippen LogP contribution is 2.32. The van der Waals surface area contributed by atoms with Gasteiger partial charge in [-0.25, -0.2) is 0 Å². The van der Waals surface area contributed by atoms with Gasteiger partial charge in [0.25, 0.3) is 0 Å². The maximum absolute atomic E-state index is 5.99. The molecule has 1 fully saturated rings. The Kier molecular flexibility index (Phi) is 5.77. The Bertz CT molecular complexity index is 185. The summed E-state index contributed by atoms with van der Waals surface area (Å²) in [5, 5.41) is 0. The summed E-state index contributed by atoms with van der Waals surface area (Å²) in [6.07, 6.45) is 6.77. The molecular weight excluding hydrogens is 196 g/mol. The van der Waals surface area contributed by atoms with Gasteiger partial charge < -0.3 is 5.73 Å². The van der Waals surface area contributed by atoms with Crippen molar-refractivity contribution in [3.05, 3.63) is 0 Å². The normalized spacial score (nSPS) is 30.4. The molecule has 1 rings (SSSR count). The minimum Gasteiger partial charge on any atom is -0.329 e. The van der Waals surface area contributed by atoms with Crippen molar-refractivity contribution >= 4 is 0 Å². The maximum atomic E-state index is 5.99. The molecule has 0 bridgehead atoms. The van der Waals surface area contributed by atoms with Crippen LogP contribution in [0, 0.1) is 11.8 Å². The fourth-order valence-corrected chi connectivity index (χ4v) is 2.98. The average Bonchev–Trinajstić information content (AvgIpc) is 2.31. The second-order valence-corrected chi connectivity index (χ2v) is 5.75. The molecule has 0 aliphatic heterocycles. The molecule has 96 valence electrons. The van der Waals surface area contributed by atoms with Gasteiger partial charge in [0, 0.05) is 18.6 Å². The summed E-state index contributed by atoms with van der Waals surface area (Å²) in [5.74, 6) is 1.77. The highest BCUT2D eigenvalue weighted by atomic mass is 15.2. The summed E-state index contributed by atoms with van der Waals surface area (Å²) in [4.78, 5) is 2.51. The molecule has 0 aromatic rings. The van der Waals surface area contributed by atoms with Gasteiger partial charge in [-0.15, -0.1) is 0 Å². The summed E-state index contributed by atoms with van der Waals surface area (Å²) in [6, 6.07) is 1.26. The van der Waals surface area contributed by atoms with Crippen LogP contribution in [0.4, 0.5) is 0 Å². The molecule has 2 N–H and O–H groups in total. The van der Waals surface area contributed by atoms with Crippen LogP contribution >= 0.6 is 0 Å². The van der Waals surface area contributed by atoms with E-state index >= 15 is 0 Å². The van der Waals surface area contributed by atoms with Gasteiger partial charge in [0.05, 0.1) is 0 Å². The van der Waals surface area contributed by atoms with E-state index in [-0.39, 0.29) is 0 Å². The van der Waals surface area contributed by atoms with Crippen LogP contribution in [0.3, 0.4) is 0 Å². The number of hydrogen-bond acceptors (Lipinski definition) is 2.